The van der Waals surface area contributed by atoms with E-state index >= 15 is 0 Å². The first-order valence-corrected chi connectivity index (χ1v) is 10.9. The zero-order chi connectivity index (χ0) is 22.2. The van der Waals surface area contributed by atoms with E-state index in [1.54, 1.807) is 4.90 Å². The van der Waals surface area contributed by atoms with E-state index in [1.807, 2.05) is 4.90 Å². The maximum absolute atomic E-state index is 13.6. The van der Waals surface area contributed by atoms with Gasteiger partial charge in [-0.2, -0.15) is 0 Å². The Morgan fingerprint density at radius 2 is 1.48 bits per heavy atom. The summed E-state index contributed by atoms with van der Waals surface area (Å²) in [5.41, 5.74) is -0.253. The number of piperazine rings is 1. The van der Waals surface area contributed by atoms with E-state index in [4.69, 9.17) is 0 Å². The summed E-state index contributed by atoms with van der Waals surface area (Å²) in [5.74, 6) is -2.30. The van der Waals surface area contributed by atoms with E-state index in [1.165, 1.54) is 12.8 Å². The minimum Gasteiger partial charge on any atom is -0.351 e. The molecule has 2 fully saturated rings. The number of hydrogen-bond acceptors (Lipinski definition) is 4. The normalized spacial score (nSPS) is 17.9. The molecule has 0 aromatic heterocycles. The van der Waals surface area contributed by atoms with Crippen molar-refractivity contribution in [2.75, 3.05) is 52.4 Å². The Morgan fingerprint density at radius 3 is 2.13 bits per heavy atom. The van der Waals surface area contributed by atoms with E-state index in [9.17, 15) is 23.2 Å². The van der Waals surface area contributed by atoms with E-state index in [-0.39, 0.29) is 30.3 Å². The number of hydrogen-bond donors (Lipinski definition) is 1. The van der Waals surface area contributed by atoms with Crippen molar-refractivity contribution in [2.24, 2.45) is 0 Å². The summed E-state index contributed by atoms with van der Waals surface area (Å²) < 4.78 is 26.6. The minimum absolute atomic E-state index is 0.0716. The molecule has 2 saturated heterocycles. The molecule has 2 aliphatic rings. The molecule has 0 unspecified atom stereocenters. The molecule has 0 radical (unpaired) electrons. The first-order valence-electron chi connectivity index (χ1n) is 10.9. The van der Waals surface area contributed by atoms with Gasteiger partial charge in [-0.05, 0) is 25.0 Å². The second-order valence-electron chi connectivity index (χ2n) is 8.08. The third-order valence-electron chi connectivity index (χ3n) is 5.84. The number of benzene rings is 1. The van der Waals surface area contributed by atoms with Crippen LogP contribution in [0.3, 0.4) is 0 Å². The quantitative estimate of drug-likeness (QED) is 0.736. The van der Waals surface area contributed by atoms with Crippen LogP contribution >= 0.6 is 0 Å². The first kappa shape index (κ1) is 23.1. The molecule has 31 heavy (non-hydrogen) atoms. The van der Waals surface area contributed by atoms with Crippen molar-refractivity contribution in [1.29, 1.82) is 0 Å². The van der Waals surface area contributed by atoms with Crippen molar-refractivity contribution in [2.45, 2.75) is 32.1 Å². The lowest BCUT2D eigenvalue weighted by Gasteiger charge is -2.35. The molecule has 0 bridgehead atoms. The van der Waals surface area contributed by atoms with Crippen LogP contribution in [0.25, 0.3) is 0 Å². The zero-order valence-electron chi connectivity index (χ0n) is 17.7. The maximum atomic E-state index is 13.6. The Labute approximate surface area is 181 Å². The molecule has 0 aliphatic carbocycles. The fraction of sp³-hybridized carbons (Fsp3) is 0.591. The SMILES string of the molecule is O=C(NCCC(=O)N1CCN(CC(=O)N2CCCCCC2)CC1)c1ccc(F)cc1F. The molecule has 9 heteroatoms. The Kier molecular flexibility index (Phi) is 8.34. The van der Waals surface area contributed by atoms with Crippen LogP contribution in [0.4, 0.5) is 8.78 Å². The summed E-state index contributed by atoms with van der Waals surface area (Å²) in [7, 11) is 0. The molecule has 0 spiro atoms. The number of likely N-dealkylation sites (tertiary alicyclic amines) is 1. The third kappa shape index (κ3) is 6.72. The lowest BCUT2D eigenvalue weighted by molar-refractivity contribution is -0.135. The number of carbonyl (C=O) groups is 3. The van der Waals surface area contributed by atoms with Crippen LogP contribution in [0.5, 0.6) is 0 Å². The van der Waals surface area contributed by atoms with Gasteiger partial charge in [-0.3, -0.25) is 19.3 Å². The predicted molar refractivity (Wildman–Crippen MR) is 111 cm³/mol. The van der Waals surface area contributed by atoms with Gasteiger partial charge in [-0.15, -0.1) is 0 Å². The van der Waals surface area contributed by atoms with Gasteiger partial charge in [0, 0.05) is 58.3 Å². The van der Waals surface area contributed by atoms with Crippen LogP contribution in [0.15, 0.2) is 18.2 Å². The molecule has 2 aliphatic heterocycles. The minimum atomic E-state index is -0.935. The maximum Gasteiger partial charge on any atom is 0.254 e. The Balaban J connectivity index is 1.36. The van der Waals surface area contributed by atoms with Gasteiger partial charge in [-0.25, -0.2) is 8.78 Å². The van der Waals surface area contributed by atoms with E-state index < -0.39 is 17.5 Å². The summed E-state index contributed by atoms with van der Waals surface area (Å²) >= 11 is 0. The molecule has 3 amide bonds. The monoisotopic (exact) mass is 436 g/mol. The van der Waals surface area contributed by atoms with Gasteiger partial charge in [0.05, 0.1) is 12.1 Å². The molecule has 1 aromatic carbocycles. The van der Waals surface area contributed by atoms with Gasteiger partial charge in [0.2, 0.25) is 11.8 Å². The van der Waals surface area contributed by atoms with Gasteiger partial charge in [0.15, 0.2) is 0 Å². The average Bonchev–Trinajstić information content (AvgIpc) is 3.04. The fourth-order valence-electron chi connectivity index (χ4n) is 3.98. The van der Waals surface area contributed by atoms with Crippen LogP contribution < -0.4 is 5.32 Å². The molecule has 2 heterocycles. The van der Waals surface area contributed by atoms with Crippen molar-refractivity contribution >= 4 is 17.7 Å². The van der Waals surface area contributed by atoms with Gasteiger partial charge in [0.25, 0.3) is 5.91 Å². The highest BCUT2D eigenvalue weighted by molar-refractivity contribution is 5.94. The van der Waals surface area contributed by atoms with Crippen molar-refractivity contribution in [3.8, 4) is 0 Å². The Morgan fingerprint density at radius 1 is 0.839 bits per heavy atom. The highest BCUT2D eigenvalue weighted by Gasteiger charge is 2.24. The lowest BCUT2D eigenvalue weighted by Crippen LogP contribution is -2.52. The number of carbonyl (C=O) groups excluding carboxylic acids is 3. The largest absolute Gasteiger partial charge is 0.351 e. The molecule has 170 valence electrons. The summed E-state index contributed by atoms with van der Waals surface area (Å²) in [6, 6.07) is 2.74. The molecular weight excluding hydrogens is 406 g/mol. The Hall–Kier alpha value is -2.55. The van der Waals surface area contributed by atoms with E-state index in [0.29, 0.717) is 38.8 Å². The number of nitrogens with one attached hydrogen (secondary N) is 1. The smallest absolute Gasteiger partial charge is 0.254 e. The van der Waals surface area contributed by atoms with E-state index in [0.717, 1.165) is 38.1 Å². The fourth-order valence-corrected chi connectivity index (χ4v) is 3.98. The summed E-state index contributed by atoms with van der Waals surface area (Å²) in [5, 5.41) is 2.50. The van der Waals surface area contributed by atoms with Gasteiger partial charge in [0.1, 0.15) is 11.6 Å². The van der Waals surface area contributed by atoms with Crippen LogP contribution in [-0.2, 0) is 9.59 Å². The van der Waals surface area contributed by atoms with Crippen LogP contribution in [-0.4, -0.2) is 84.8 Å². The van der Waals surface area contributed by atoms with E-state index in [2.05, 4.69) is 10.2 Å². The second-order valence-corrected chi connectivity index (χ2v) is 8.08. The molecule has 0 saturated carbocycles. The van der Waals surface area contributed by atoms with Crippen LogP contribution in [0, 0.1) is 11.6 Å². The van der Waals surface area contributed by atoms with Crippen molar-refractivity contribution in [1.82, 2.24) is 20.0 Å². The Bertz CT molecular complexity index is 789. The highest BCUT2D eigenvalue weighted by atomic mass is 19.1. The van der Waals surface area contributed by atoms with Crippen LogP contribution in [0.2, 0.25) is 0 Å². The molecule has 3 rings (SSSR count). The number of nitrogens with zero attached hydrogens (tertiary/aromatic N) is 3. The highest BCUT2D eigenvalue weighted by Crippen LogP contribution is 2.12. The van der Waals surface area contributed by atoms with Gasteiger partial charge in [-0.1, -0.05) is 12.8 Å². The molecular formula is C22H30F2N4O3. The standard InChI is InChI=1S/C22H30F2N4O3/c23-17-5-6-18(19(24)15-17)22(31)25-8-7-20(29)28-13-11-26(12-14-28)16-21(30)27-9-3-1-2-4-10-27/h5-6,15H,1-4,7-14,16H2,(H,25,31). The predicted octanol–water partition coefficient (Wildman–Crippen LogP) is 1.63. The molecule has 7 nitrogen and oxygen atoms in total. The second kappa shape index (κ2) is 11.2. The van der Waals surface area contributed by atoms with Crippen molar-refractivity contribution < 1.29 is 23.2 Å². The van der Waals surface area contributed by atoms with Gasteiger partial charge >= 0.3 is 0 Å². The van der Waals surface area contributed by atoms with Gasteiger partial charge < -0.3 is 15.1 Å². The number of amides is 3. The average molecular weight is 437 g/mol. The summed E-state index contributed by atoms with van der Waals surface area (Å²) in [4.78, 5) is 42.7. The lowest BCUT2D eigenvalue weighted by atomic mass is 10.2. The molecule has 0 atom stereocenters. The third-order valence-corrected chi connectivity index (χ3v) is 5.84. The summed E-state index contributed by atoms with van der Waals surface area (Å²) in [6.07, 6.45) is 4.60. The van der Waals surface area contributed by atoms with Crippen molar-refractivity contribution in [3.05, 3.63) is 35.4 Å². The zero-order valence-corrected chi connectivity index (χ0v) is 17.7. The topological polar surface area (TPSA) is 73.0 Å². The number of rotatable bonds is 6. The van der Waals surface area contributed by atoms with Crippen LogP contribution in [0.1, 0.15) is 42.5 Å². The molecule has 1 aromatic rings. The van der Waals surface area contributed by atoms with Crippen molar-refractivity contribution in [3.63, 3.8) is 0 Å². The number of halogens is 2. The first-order chi connectivity index (χ1) is 14.9. The molecule has 1 N–H and O–H groups in total. The summed E-state index contributed by atoms with van der Waals surface area (Å²) in [6.45, 7) is 4.48.